The second-order valence-electron chi connectivity index (χ2n) is 6.73. The average Bonchev–Trinajstić information content (AvgIpc) is 2.46. The Kier molecular flexibility index (Phi) is 17.2. The molecule has 0 aromatic carbocycles. The lowest BCUT2D eigenvalue weighted by Crippen LogP contribution is -1.99. The third-order valence-corrected chi connectivity index (χ3v) is 4.13. The van der Waals surface area contributed by atoms with Crippen LogP contribution in [0, 0.1) is 0 Å². The van der Waals surface area contributed by atoms with Crippen LogP contribution in [0.15, 0.2) is 12.3 Å². The van der Waals surface area contributed by atoms with Gasteiger partial charge in [-0.2, -0.15) is 0 Å². The molecular formula is C20H41N. The molecule has 0 saturated carbocycles. The first-order valence-corrected chi connectivity index (χ1v) is 9.60. The van der Waals surface area contributed by atoms with E-state index in [1.54, 1.807) is 0 Å². The van der Waals surface area contributed by atoms with Gasteiger partial charge >= 0.3 is 0 Å². The summed E-state index contributed by atoms with van der Waals surface area (Å²) in [6, 6.07) is 0. The van der Waals surface area contributed by atoms with Crippen molar-refractivity contribution >= 4 is 0 Å². The van der Waals surface area contributed by atoms with E-state index in [2.05, 4.69) is 38.2 Å². The van der Waals surface area contributed by atoms with Crippen molar-refractivity contribution in [3.8, 4) is 0 Å². The first-order valence-electron chi connectivity index (χ1n) is 9.60. The summed E-state index contributed by atoms with van der Waals surface area (Å²) < 4.78 is 0. The number of hydrogen-bond acceptors (Lipinski definition) is 1. The molecule has 0 aliphatic heterocycles. The minimum Gasteiger partial charge on any atom is -0.384 e. The van der Waals surface area contributed by atoms with E-state index in [4.69, 9.17) is 0 Å². The molecule has 0 heterocycles. The van der Waals surface area contributed by atoms with Gasteiger partial charge in [0.25, 0.3) is 0 Å². The number of unbranched alkanes of at least 4 members (excludes halogenated alkanes) is 14. The third-order valence-electron chi connectivity index (χ3n) is 4.13. The predicted octanol–water partition coefficient (Wildman–Crippen LogP) is 6.93. The quantitative estimate of drug-likeness (QED) is 0.279. The number of allylic oxidation sites excluding steroid dienone is 1. The molecule has 0 spiro atoms. The van der Waals surface area contributed by atoms with Crippen LogP contribution >= 0.6 is 0 Å². The van der Waals surface area contributed by atoms with Crippen LogP contribution in [0.5, 0.6) is 0 Å². The van der Waals surface area contributed by atoms with E-state index in [1.807, 2.05) is 0 Å². The summed E-state index contributed by atoms with van der Waals surface area (Å²) in [7, 11) is 4.17. The topological polar surface area (TPSA) is 3.24 Å². The van der Waals surface area contributed by atoms with Gasteiger partial charge in [0.05, 0.1) is 0 Å². The average molecular weight is 296 g/mol. The summed E-state index contributed by atoms with van der Waals surface area (Å²) >= 11 is 0. The van der Waals surface area contributed by atoms with Crippen molar-refractivity contribution in [2.24, 2.45) is 0 Å². The van der Waals surface area contributed by atoms with Crippen LogP contribution in [0.25, 0.3) is 0 Å². The molecule has 21 heavy (non-hydrogen) atoms. The molecule has 0 amide bonds. The summed E-state index contributed by atoms with van der Waals surface area (Å²) in [5.41, 5.74) is 0. The van der Waals surface area contributed by atoms with E-state index >= 15 is 0 Å². The molecule has 0 aliphatic rings. The van der Waals surface area contributed by atoms with Crippen LogP contribution in [0.4, 0.5) is 0 Å². The lowest BCUT2D eigenvalue weighted by molar-refractivity contribution is 0.534. The zero-order valence-corrected chi connectivity index (χ0v) is 15.2. The van der Waals surface area contributed by atoms with Crippen LogP contribution in [0.3, 0.4) is 0 Å². The SMILES string of the molecule is CCCCCCCCCCCCCCCC/C=C/N(C)C. The molecule has 0 atom stereocenters. The molecule has 0 N–H and O–H groups in total. The summed E-state index contributed by atoms with van der Waals surface area (Å²) in [5.74, 6) is 0. The summed E-state index contributed by atoms with van der Waals surface area (Å²) in [4.78, 5) is 2.11. The van der Waals surface area contributed by atoms with Gasteiger partial charge in [-0.25, -0.2) is 0 Å². The minimum absolute atomic E-state index is 1.25. The van der Waals surface area contributed by atoms with Crippen LogP contribution in [0.1, 0.15) is 103 Å². The van der Waals surface area contributed by atoms with Crippen LogP contribution in [0.2, 0.25) is 0 Å². The molecule has 0 aromatic heterocycles. The van der Waals surface area contributed by atoms with Gasteiger partial charge in [-0.15, -0.1) is 0 Å². The maximum absolute atomic E-state index is 2.29. The molecule has 1 nitrogen and oxygen atoms in total. The molecule has 0 unspecified atom stereocenters. The highest BCUT2D eigenvalue weighted by Gasteiger charge is 1.93. The van der Waals surface area contributed by atoms with E-state index in [0.29, 0.717) is 0 Å². The van der Waals surface area contributed by atoms with Crippen molar-refractivity contribution in [2.45, 2.75) is 103 Å². The van der Waals surface area contributed by atoms with Gasteiger partial charge in [0.2, 0.25) is 0 Å². The van der Waals surface area contributed by atoms with Crippen LogP contribution in [-0.4, -0.2) is 19.0 Å². The first-order chi connectivity index (χ1) is 10.3. The fourth-order valence-corrected chi connectivity index (χ4v) is 2.74. The van der Waals surface area contributed by atoms with Gasteiger partial charge < -0.3 is 4.90 Å². The third kappa shape index (κ3) is 19.5. The zero-order chi connectivity index (χ0) is 15.6. The molecular weight excluding hydrogens is 254 g/mol. The molecule has 0 fully saturated rings. The predicted molar refractivity (Wildman–Crippen MR) is 97.8 cm³/mol. The van der Waals surface area contributed by atoms with Crippen molar-refractivity contribution in [2.75, 3.05) is 14.1 Å². The molecule has 0 aromatic rings. The molecule has 0 bridgehead atoms. The Labute approximate surface area is 135 Å². The molecule has 0 radical (unpaired) electrons. The molecule has 0 rings (SSSR count). The Morgan fingerprint density at radius 3 is 1.33 bits per heavy atom. The monoisotopic (exact) mass is 295 g/mol. The Balaban J connectivity index is 2.99. The fourth-order valence-electron chi connectivity index (χ4n) is 2.74. The van der Waals surface area contributed by atoms with Crippen molar-refractivity contribution < 1.29 is 0 Å². The van der Waals surface area contributed by atoms with Gasteiger partial charge in [-0.05, 0) is 19.0 Å². The van der Waals surface area contributed by atoms with Crippen molar-refractivity contribution in [1.82, 2.24) is 4.90 Å². The number of rotatable bonds is 16. The minimum atomic E-state index is 1.25. The Morgan fingerprint density at radius 2 is 0.952 bits per heavy atom. The van der Waals surface area contributed by atoms with E-state index in [1.165, 1.54) is 96.3 Å². The highest BCUT2D eigenvalue weighted by Crippen LogP contribution is 2.13. The highest BCUT2D eigenvalue weighted by molar-refractivity contribution is 4.78. The molecule has 126 valence electrons. The van der Waals surface area contributed by atoms with Gasteiger partial charge in [0, 0.05) is 14.1 Å². The largest absolute Gasteiger partial charge is 0.384 e. The maximum Gasteiger partial charge on any atom is 0.00555 e. The van der Waals surface area contributed by atoms with Crippen LogP contribution < -0.4 is 0 Å². The second-order valence-corrected chi connectivity index (χ2v) is 6.73. The fraction of sp³-hybridized carbons (Fsp3) is 0.900. The molecule has 0 aliphatic carbocycles. The number of nitrogens with zero attached hydrogens (tertiary/aromatic N) is 1. The molecule has 0 saturated heterocycles. The zero-order valence-electron chi connectivity index (χ0n) is 15.2. The van der Waals surface area contributed by atoms with E-state index in [0.717, 1.165) is 0 Å². The van der Waals surface area contributed by atoms with E-state index < -0.39 is 0 Å². The highest BCUT2D eigenvalue weighted by atomic mass is 15.0. The van der Waals surface area contributed by atoms with Crippen molar-refractivity contribution in [3.63, 3.8) is 0 Å². The Bertz CT molecular complexity index is 208. The standard InChI is InChI=1S/C20H41N/c1-4-5-6-7-8-9-10-11-12-13-14-15-16-17-18-19-20-21(2)3/h19-20H,4-18H2,1-3H3/b20-19+. The summed E-state index contributed by atoms with van der Waals surface area (Å²) in [6.45, 7) is 2.29. The first kappa shape index (κ1) is 20.5. The lowest BCUT2D eigenvalue weighted by atomic mass is 10.0. The van der Waals surface area contributed by atoms with Gasteiger partial charge in [0.15, 0.2) is 0 Å². The summed E-state index contributed by atoms with van der Waals surface area (Å²) in [5, 5.41) is 0. The normalized spacial score (nSPS) is 11.4. The summed E-state index contributed by atoms with van der Waals surface area (Å²) in [6.07, 6.45) is 25.9. The van der Waals surface area contributed by atoms with Gasteiger partial charge in [-0.3, -0.25) is 0 Å². The van der Waals surface area contributed by atoms with Crippen molar-refractivity contribution in [3.05, 3.63) is 12.3 Å². The van der Waals surface area contributed by atoms with Crippen LogP contribution in [-0.2, 0) is 0 Å². The van der Waals surface area contributed by atoms with E-state index in [-0.39, 0.29) is 0 Å². The smallest absolute Gasteiger partial charge is 0.00555 e. The Hall–Kier alpha value is -0.460. The molecule has 1 heteroatoms. The maximum atomic E-state index is 2.29. The van der Waals surface area contributed by atoms with Gasteiger partial charge in [-0.1, -0.05) is 96.5 Å². The number of hydrogen-bond donors (Lipinski definition) is 0. The lowest BCUT2D eigenvalue weighted by Gasteiger charge is -2.04. The Morgan fingerprint density at radius 1 is 0.571 bits per heavy atom. The van der Waals surface area contributed by atoms with Gasteiger partial charge in [0.1, 0.15) is 0 Å². The second kappa shape index (κ2) is 17.6. The van der Waals surface area contributed by atoms with E-state index in [9.17, 15) is 0 Å². The van der Waals surface area contributed by atoms with Crippen molar-refractivity contribution in [1.29, 1.82) is 0 Å².